The number of hydrogen-bond donors (Lipinski definition) is 1. The standard InChI is InChI=1S/C17H15BrO3/c1-9-8-14(21)16(11(3)20)17(15(9)10(2)19)12-4-6-13(18)7-5-12/h4-8,21H,1-3H3. The molecule has 0 radical (unpaired) electrons. The number of carbonyl (C=O) groups excluding carboxylic acids is 2. The number of rotatable bonds is 3. The van der Waals surface area contributed by atoms with E-state index < -0.39 is 0 Å². The number of aromatic hydroxyl groups is 1. The minimum absolute atomic E-state index is 0.0945. The van der Waals surface area contributed by atoms with Crippen molar-refractivity contribution in [3.05, 3.63) is 51.5 Å². The van der Waals surface area contributed by atoms with Gasteiger partial charge in [-0.25, -0.2) is 0 Å². The van der Waals surface area contributed by atoms with Gasteiger partial charge in [0.2, 0.25) is 0 Å². The smallest absolute Gasteiger partial charge is 0.164 e. The van der Waals surface area contributed by atoms with Gasteiger partial charge in [0.1, 0.15) is 5.75 Å². The van der Waals surface area contributed by atoms with Crippen LogP contribution in [0, 0.1) is 6.92 Å². The van der Waals surface area contributed by atoms with Gasteiger partial charge in [-0.15, -0.1) is 0 Å². The van der Waals surface area contributed by atoms with Crippen molar-refractivity contribution in [2.75, 3.05) is 0 Å². The molecule has 2 aromatic rings. The third kappa shape index (κ3) is 2.90. The largest absolute Gasteiger partial charge is 0.507 e. The number of aryl methyl sites for hydroxylation is 1. The molecule has 0 unspecified atom stereocenters. The maximum Gasteiger partial charge on any atom is 0.164 e. The first-order chi connectivity index (χ1) is 9.82. The molecule has 0 atom stereocenters. The molecule has 21 heavy (non-hydrogen) atoms. The maximum absolute atomic E-state index is 12.0. The maximum atomic E-state index is 12.0. The highest BCUT2D eigenvalue weighted by Gasteiger charge is 2.22. The topological polar surface area (TPSA) is 54.4 Å². The molecule has 0 aliphatic rings. The molecule has 1 N–H and O–H groups in total. The fraction of sp³-hybridized carbons (Fsp3) is 0.176. The summed E-state index contributed by atoms with van der Waals surface area (Å²) in [6.07, 6.45) is 0. The van der Waals surface area contributed by atoms with Crippen LogP contribution in [0.5, 0.6) is 5.75 Å². The fourth-order valence-electron chi connectivity index (χ4n) is 2.51. The average Bonchev–Trinajstić information content (AvgIpc) is 2.37. The number of carbonyl (C=O) groups is 2. The summed E-state index contributed by atoms with van der Waals surface area (Å²) in [6.45, 7) is 4.60. The van der Waals surface area contributed by atoms with Crippen LogP contribution in [0.1, 0.15) is 40.1 Å². The van der Waals surface area contributed by atoms with Gasteiger partial charge in [0.25, 0.3) is 0 Å². The molecule has 0 aliphatic heterocycles. The predicted octanol–water partition coefficient (Wildman–Crippen LogP) is 4.54. The highest BCUT2D eigenvalue weighted by Crippen LogP contribution is 2.37. The molecule has 2 aromatic carbocycles. The van der Waals surface area contributed by atoms with Crippen LogP contribution in [-0.4, -0.2) is 16.7 Å². The van der Waals surface area contributed by atoms with Gasteiger partial charge in [0.05, 0.1) is 5.56 Å². The van der Waals surface area contributed by atoms with Crippen LogP contribution in [0.3, 0.4) is 0 Å². The Morgan fingerprint density at radius 3 is 2.00 bits per heavy atom. The Kier molecular flexibility index (Phi) is 4.28. The van der Waals surface area contributed by atoms with Gasteiger partial charge in [-0.3, -0.25) is 9.59 Å². The second-order valence-corrected chi connectivity index (χ2v) is 5.87. The lowest BCUT2D eigenvalue weighted by Gasteiger charge is -2.16. The van der Waals surface area contributed by atoms with Crippen molar-refractivity contribution in [3.63, 3.8) is 0 Å². The van der Waals surface area contributed by atoms with Gasteiger partial charge in [0, 0.05) is 15.6 Å². The summed E-state index contributed by atoms with van der Waals surface area (Å²) in [5, 5.41) is 10.1. The number of ketones is 2. The van der Waals surface area contributed by atoms with Crippen LogP contribution in [0.2, 0.25) is 0 Å². The molecule has 3 nitrogen and oxygen atoms in total. The Morgan fingerprint density at radius 1 is 1.00 bits per heavy atom. The second-order valence-electron chi connectivity index (χ2n) is 4.96. The van der Waals surface area contributed by atoms with E-state index in [0.717, 1.165) is 10.0 Å². The molecule has 0 aliphatic carbocycles. The Bertz CT molecular complexity index is 692. The van der Waals surface area contributed by atoms with Crippen molar-refractivity contribution in [1.29, 1.82) is 0 Å². The molecular weight excluding hydrogens is 332 g/mol. The van der Waals surface area contributed by atoms with Crippen molar-refractivity contribution < 1.29 is 14.7 Å². The van der Waals surface area contributed by atoms with E-state index >= 15 is 0 Å². The zero-order valence-corrected chi connectivity index (χ0v) is 13.6. The molecule has 0 saturated carbocycles. The van der Waals surface area contributed by atoms with E-state index in [9.17, 15) is 14.7 Å². The van der Waals surface area contributed by atoms with Crippen LogP contribution in [0.25, 0.3) is 11.1 Å². The van der Waals surface area contributed by atoms with E-state index in [4.69, 9.17) is 0 Å². The summed E-state index contributed by atoms with van der Waals surface area (Å²) in [5.74, 6) is -0.497. The number of halogens is 1. The minimum atomic E-state index is -0.270. The van der Waals surface area contributed by atoms with E-state index in [1.54, 1.807) is 6.92 Å². The van der Waals surface area contributed by atoms with Crippen LogP contribution in [0.15, 0.2) is 34.8 Å². The molecule has 0 amide bonds. The van der Waals surface area contributed by atoms with Crippen molar-refractivity contribution in [2.24, 2.45) is 0 Å². The minimum Gasteiger partial charge on any atom is -0.507 e. The van der Waals surface area contributed by atoms with Crippen LogP contribution < -0.4 is 0 Å². The van der Waals surface area contributed by atoms with Crippen LogP contribution in [-0.2, 0) is 0 Å². The first-order valence-electron chi connectivity index (χ1n) is 6.47. The molecule has 2 rings (SSSR count). The average molecular weight is 347 g/mol. The summed E-state index contributed by atoms with van der Waals surface area (Å²) in [4.78, 5) is 23.9. The van der Waals surface area contributed by atoms with E-state index in [1.165, 1.54) is 19.9 Å². The number of benzene rings is 2. The Balaban J connectivity index is 2.91. The van der Waals surface area contributed by atoms with E-state index in [1.807, 2.05) is 24.3 Å². The van der Waals surface area contributed by atoms with E-state index in [2.05, 4.69) is 15.9 Å². The molecule has 0 heterocycles. The summed E-state index contributed by atoms with van der Waals surface area (Å²) >= 11 is 3.36. The highest BCUT2D eigenvalue weighted by molar-refractivity contribution is 9.10. The lowest BCUT2D eigenvalue weighted by atomic mass is 9.87. The Morgan fingerprint density at radius 2 is 1.52 bits per heavy atom. The number of Topliss-reactive ketones (excluding diaryl/α,β-unsaturated/α-hetero) is 2. The zero-order chi connectivity index (χ0) is 15.7. The summed E-state index contributed by atoms with van der Waals surface area (Å²) in [6, 6.07) is 8.77. The quantitative estimate of drug-likeness (QED) is 0.830. The SMILES string of the molecule is CC(=O)c1c(C)cc(O)c(C(C)=O)c1-c1ccc(Br)cc1. The highest BCUT2D eigenvalue weighted by atomic mass is 79.9. The number of hydrogen-bond acceptors (Lipinski definition) is 3. The Hall–Kier alpha value is -1.94. The van der Waals surface area contributed by atoms with Crippen molar-refractivity contribution in [3.8, 4) is 16.9 Å². The fourth-order valence-corrected chi connectivity index (χ4v) is 2.78. The predicted molar refractivity (Wildman–Crippen MR) is 86.0 cm³/mol. The molecule has 0 bridgehead atoms. The zero-order valence-electron chi connectivity index (χ0n) is 12.0. The molecule has 4 heteroatoms. The molecule has 0 spiro atoms. The summed E-state index contributed by atoms with van der Waals surface area (Å²) in [5.41, 5.74) is 2.55. The Labute approximate surface area is 131 Å². The summed E-state index contributed by atoms with van der Waals surface area (Å²) < 4.78 is 0.900. The number of phenols is 1. The monoisotopic (exact) mass is 346 g/mol. The van der Waals surface area contributed by atoms with Gasteiger partial charge >= 0.3 is 0 Å². The van der Waals surface area contributed by atoms with Gasteiger partial charge in [-0.2, -0.15) is 0 Å². The molecule has 0 aromatic heterocycles. The third-order valence-corrected chi connectivity index (χ3v) is 3.87. The molecule has 0 saturated heterocycles. The number of phenolic OH excluding ortho intramolecular Hbond substituents is 1. The van der Waals surface area contributed by atoms with E-state index in [-0.39, 0.29) is 22.9 Å². The normalized spacial score (nSPS) is 10.5. The van der Waals surface area contributed by atoms with Gasteiger partial charge < -0.3 is 5.11 Å². The van der Waals surface area contributed by atoms with Crippen LogP contribution >= 0.6 is 15.9 Å². The lowest BCUT2D eigenvalue weighted by Crippen LogP contribution is -2.07. The molecule has 108 valence electrons. The van der Waals surface area contributed by atoms with Crippen molar-refractivity contribution >= 4 is 27.5 Å². The van der Waals surface area contributed by atoms with Gasteiger partial charge in [-0.1, -0.05) is 28.1 Å². The van der Waals surface area contributed by atoms with Gasteiger partial charge in [-0.05, 0) is 50.1 Å². The lowest BCUT2D eigenvalue weighted by molar-refractivity contribution is 0.101. The van der Waals surface area contributed by atoms with E-state index in [0.29, 0.717) is 16.7 Å². The summed E-state index contributed by atoms with van der Waals surface area (Å²) in [7, 11) is 0. The third-order valence-electron chi connectivity index (χ3n) is 3.34. The van der Waals surface area contributed by atoms with Crippen LogP contribution in [0.4, 0.5) is 0 Å². The molecule has 0 fully saturated rings. The second kappa shape index (κ2) is 5.82. The van der Waals surface area contributed by atoms with Gasteiger partial charge in [0.15, 0.2) is 11.6 Å². The first kappa shape index (κ1) is 15.4. The molecular formula is C17H15BrO3. The first-order valence-corrected chi connectivity index (χ1v) is 7.26. The van der Waals surface area contributed by atoms with Crippen molar-refractivity contribution in [1.82, 2.24) is 0 Å². The van der Waals surface area contributed by atoms with Crippen molar-refractivity contribution in [2.45, 2.75) is 20.8 Å².